The Morgan fingerprint density at radius 1 is 1.19 bits per heavy atom. The molecule has 1 saturated heterocycles. The maximum Gasteiger partial charge on any atom is 0.226 e. The molecule has 2 aromatic carbocycles. The number of carbonyl (C=O) groups is 1. The van der Waals surface area contributed by atoms with E-state index in [1.807, 2.05) is 25.1 Å². The van der Waals surface area contributed by atoms with Crippen LogP contribution >= 0.6 is 0 Å². The molecule has 0 aromatic heterocycles. The summed E-state index contributed by atoms with van der Waals surface area (Å²) < 4.78 is 23.9. The topological polar surface area (TPSA) is 71.6 Å². The van der Waals surface area contributed by atoms with Crippen LogP contribution in [-0.2, 0) is 4.79 Å². The zero-order valence-corrected chi connectivity index (χ0v) is 15.6. The molecule has 3 rings (SSSR count). The lowest BCUT2D eigenvalue weighted by molar-refractivity contribution is -0.125. The van der Waals surface area contributed by atoms with Crippen molar-refractivity contribution in [2.45, 2.75) is 19.0 Å². The summed E-state index contributed by atoms with van der Waals surface area (Å²) in [5, 5.41) is 3.05. The van der Waals surface area contributed by atoms with Gasteiger partial charge in [-0.1, -0.05) is 12.1 Å². The predicted molar refractivity (Wildman–Crippen MR) is 99.9 cm³/mol. The molecule has 1 amide bonds. The van der Waals surface area contributed by atoms with Crippen molar-refractivity contribution in [3.63, 3.8) is 0 Å². The summed E-state index contributed by atoms with van der Waals surface area (Å²) in [5.41, 5.74) is 7.81. The van der Waals surface area contributed by atoms with E-state index in [1.165, 1.54) is 12.1 Å². The molecule has 0 spiro atoms. The van der Waals surface area contributed by atoms with Gasteiger partial charge in [0.15, 0.2) is 0 Å². The average molecular weight is 373 g/mol. The minimum Gasteiger partial charge on any atom is -0.497 e. The highest BCUT2D eigenvalue weighted by atomic mass is 19.1. The number of hydrogen-bond acceptors (Lipinski definition) is 5. The first-order chi connectivity index (χ1) is 13.0. The van der Waals surface area contributed by atoms with Crippen molar-refractivity contribution in [1.29, 1.82) is 0 Å². The van der Waals surface area contributed by atoms with Crippen molar-refractivity contribution in [3.8, 4) is 11.5 Å². The molecule has 3 atom stereocenters. The fourth-order valence-electron chi connectivity index (χ4n) is 3.30. The lowest BCUT2D eigenvalue weighted by Crippen LogP contribution is -2.36. The largest absolute Gasteiger partial charge is 0.497 e. The molecular weight excluding hydrogens is 349 g/mol. The van der Waals surface area contributed by atoms with Gasteiger partial charge < -0.3 is 14.8 Å². The molecule has 3 N–H and O–H groups in total. The van der Waals surface area contributed by atoms with E-state index in [4.69, 9.17) is 9.47 Å². The Kier molecular flexibility index (Phi) is 5.93. The zero-order valence-electron chi connectivity index (χ0n) is 15.6. The highest BCUT2D eigenvalue weighted by molar-refractivity contribution is 5.80. The van der Waals surface area contributed by atoms with Crippen molar-refractivity contribution >= 4 is 5.91 Å². The molecule has 1 aliphatic heterocycles. The molecule has 3 unspecified atom stereocenters. The van der Waals surface area contributed by atoms with Crippen LogP contribution in [0.4, 0.5) is 4.39 Å². The van der Waals surface area contributed by atoms with E-state index in [0.29, 0.717) is 18.0 Å². The Labute approximate surface area is 158 Å². The van der Waals surface area contributed by atoms with Crippen LogP contribution in [-0.4, -0.2) is 26.7 Å². The summed E-state index contributed by atoms with van der Waals surface area (Å²) in [6.45, 7) is 2.38. The Balaban J connectivity index is 1.75. The first kappa shape index (κ1) is 19.1. The van der Waals surface area contributed by atoms with Crippen LogP contribution in [0, 0.1) is 11.7 Å². The van der Waals surface area contributed by atoms with Crippen molar-refractivity contribution in [1.82, 2.24) is 16.2 Å². The second-order valence-corrected chi connectivity index (χ2v) is 6.50. The molecule has 0 bridgehead atoms. The van der Waals surface area contributed by atoms with Crippen LogP contribution in [0.5, 0.6) is 11.5 Å². The Bertz CT molecular complexity index is 798. The van der Waals surface area contributed by atoms with Gasteiger partial charge in [-0.3, -0.25) is 10.2 Å². The third-order valence-electron chi connectivity index (χ3n) is 4.81. The van der Waals surface area contributed by atoms with E-state index in [1.54, 1.807) is 26.4 Å². The predicted octanol–water partition coefficient (Wildman–Crippen LogP) is 2.49. The lowest BCUT2D eigenvalue weighted by atomic mass is 9.93. The molecule has 0 saturated carbocycles. The molecule has 144 valence electrons. The minimum absolute atomic E-state index is 0.0980. The number of ether oxygens (including phenoxy) is 2. The number of rotatable bonds is 6. The summed E-state index contributed by atoms with van der Waals surface area (Å²) in [6, 6.07) is 11.2. The highest BCUT2D eigenvalue weighted by Crippen LogP contribution is 2.31. The van der Waals surface area contributed by atoms with Crippen molar-refractivity contribution < 1.29 is 18.7 Å². The van der Waals surface area contributed by atoms with Crippen LogP contribution in [0.25, 0.3) is 0 Å². The lowest BCUT2D eigenvalue weighted by Gasteiger charge is -2.23. The summed E-state index contributed by atoms with van der Waals surface area (Å²) in [5.74, 6) is 0.653. The van der Waals surface area contributed by atoms with E-state index < -0.39 is 0 Å². The third kappa shape index (κ3) is 4.20. The fraction of sp³-hybridized carbons (Fsp3) is 0.350. The molecular formula is C20H24FN3O3. The Morgan fingerprint density at radius 3 is 2.59 bits per heavy atom. The van der Waals surface area contributed by atoms with Gasteiger partial charge in [0.1, 0.15) is 17.3 Å². The third-order valence-corrected chi connectivity index (χ3v) is 4.81. The van der Waals surface area contributed by atoms with E-state index in [2.05, 4.69) is 16.2 Å². The van der Waals surface area contributed by atoms with Gasteiger partial charge in [-0.2, -0.15) is 0 Å². The number of hydrazine groups is 1. The minimum atomic E-state index is -0.325. The maximum absolute atomic E-state index is 13.2. The molecule has 1 fully saturated rings. The molecule has 0 aliphatic carbocycles. The SMILES string of the molecule is COc1ccc(OC)c(C(C)NC(=O)C2CNNC2c2ccc(F)cc2)c1. The first-order valence-corrected chi connectivity index (χ1v) is 8.79. The Morgan fingerprint density at radius 2 is 1.93 bits per heavy atom. The second-order valence-electron chi connectivity index (χ2n) is 6.50. The standard InChI is InChI=1S/C20H24FN3O3/c1-12(16-10-15(26-2)8-9-18(16)27-3)23-20(25)17-11-22-24-19(17)13-4-6-14(21)7-5-13/h4-10,12,17,19,22,24H,11H2,1-3H3,(H,23,25). The van der Waals surface area contributed by atoms with Gasteiger partial charge in [0.05, 0.1) is 32.2 Å². The van der Waals surface area contributed by atoms with Crippen LogP contribution in [0.1, 0.15) is 30.1 Å². The van der Waals surface area contributed by atoms with Crippen LogP contribution in [0.3, 0.4) is 0 Å². The number of amides is 1. The van der Waals surface area contributed by atoms with Gasteiger partial charge in [0.25, 0.3) is 0 Å². The molecule has 0 radical (unpaired) electrons. The molecule has 27 heavy (non-hydrogen) atoms. The summed E-state index contributed by atoms with van der Waals surface area (Å²) >= 11 is 0. The number of carbonyl (C=O) groups excluding carboxylic acids is 1. The van der Waals surface area contributed by atoms with Gasteiger partial charge in [-0.25, -0.2) is 9.82 Å². The first-order valence-electron chi connectivity index (χ1n) is 8.79. The number of halogens is 1. The molecule has 7 heteroatoms. The van der Waals surface area contributed by atoms with E-state index in [-0.39, 0.29) is 29.7 Å². The highest BCUT2D eigenvalue weighted by Gasteiger charge is 2.34. The monoisotopic (exact) mass is 373 g/mol. The van der Waals surface area contributed by atoms with Gasteiger partial charge in [0, 0.05) is 12.1 Å². The van der Waals surface area contributed by atoms with Gasteiger partial charge in [-0.05, 0) is 42.8 Å². The van der Waals surface area contributed by atoms with E-state index in [0.717, 1.165) is 11.1 Å². The van der Waals surface area contributed by atoms with Crippen molar-refractivity contribution in [3.05, 3.63) is 59.4 Å². The second kappa shape index (κ2) is 8.37. The summed E-state index contributed by atoms with van der Waals surface area (Å²) in [4.78, 5) is 12.9. The number of methoxy groups -OCH3 is 2. The van der Waals surface area contributed by atoms with Crippen molar-refractivity contribution in [2.24, 2.45) is 5.92 Å². The fourth-order valence-corrected chi connectivity index (χ4v) is 3.30. The van der Waals surface area contributed by atoms with E-state index in [9.17, 15) is 9.18 Å². The quantitative estimate of drug-likeness (QED) is 0.726. The van der Waals surface area contributed by atoms with Crippen LogP contribution in [0.15, 0.2) is 42.5 Å². The molecule has 6 nitrogen and oxygen atoms in total. The maximum atomic E-state index is 13.2. The Hall–Kier alpha value is -2.64. The van der Waals surface area contributed by atoms with E-state index >= 15 is 0 Å². The number of nitrogens with one attached hydrogen (secondary N) is 3. The van der Waals surface area contributed by atoms with Crippen LogP contribution < -0.4 is 25.6 Å². The number of benzene rings is 2. The molecule has 1 aliphatic rings. The normalized spacial score (nSPS) is 20.1. The molecule has 1 heterocycles. The number of hydrogen-bond donors (Lipinski definition) is 3. The zero-order chi connectivity index (χ0) is 19.4. The smallest absolute Gasteiger partial charge is 0.226 e. The van der Waals surface area contributed by atoms with Gasteiger partial charge in [-0.15, -0.1) is 0 Å². The van der Waals surface area contributed by atoms with Gasteiger partial charge >= 0.3 is 0 Å². The van der Waals surface area contributed by atoms with Crippen molar-refractivity contribution in [2.75, 3.05) is 20.8 Å². The summed E-state index contributed by atoms with van der Waals surface area (Å²) in [7, 11) is 3.19. The van der Waals surface area contributed by atoms with Crippen LogP contribution in [0.2, 0.25) is 0 Å². The summed E-state index contributed by atoms with van der Waals surface area (Å²) in [6.07, 6.45) is 0. The molecule has 2 aromatic rings. The average Bonchev–Trinajstić information content (AvgIpc) is 3.18. The van der Waals surface area contributed by atoms with Gasteiger partial charge in [0.2, 0.25) is 5.91 Å².